The molecule has 1 aliphatic carbocycles. The van der Waals surface area contributed by atoms with E-state index in [4.69, 9.17) is 4.74 Å². The number of ether oxygens (including phenoxy) is 1. The van der Waals surface area contributed by atoms with Crippen LogP contribution in [0.2, 0.25) is 0 Å². The van der Waals surface area contributed by atoms with Crippen LogP contribution in [0.1, 0.15) is 76.3 Å². The van der Waals surface area contributed by atoms with Crippen LogP contribution in [0.5, 0.6) is 0 Å². The van der Waals surface area contributed by atoms with Crippen LogP contribution >= 0.6 is 0 Å². The van der Waals surface area contributed by atoms with E-state index in [2.05, 4.69) is 5.32 Å². The summed E-state index contributed by atoms with van der Waals surface area (Å²) in [5.41, 5.74) is 2.13. The van der Waals surface area contributed by atoms with Crippen LogP contribution in [-0.2, 0) is 20.7 Å². The third-order valence-corrected chi connectivity index (χ3v) is 7.11. The van der Waals surface area contributed by atoms with Crippen LogP contribution in [0, 0.1) is 5.82 Å². The molecule has 180 valence electrons. The summed E-state index contributed by atoms with van der Waals surface area (Å²) in [6, 6.07) is 2.97. The quantitative estimate of drug-likeness (QED) is 0.694. The molecule has 2 fully saturated rings. The Kier molecular flexibility index (Phi) is 6.38. The number of rotatable bonds is 3. The average molecular weight is 460 g/mol. The first kappa shape index (κ1) is 23.5. The maximum Gasteiger partial charge on any atom is 0.410 e. The molecule has 1 saturated heterocycles. The molecule has 1 unspecified atom stereocenters. The number of anilines is 1. The molecule has 3 amide bonds. The molecule has 1 atom stereocenters. The van der Waals surface area contributed by atoms with Crippen molar-refractivity contribution >= 4 is 23.6 Å². The van der Waals surface area contributed by atoms with Gasteiger partial charge in [0, 0.05) is 31.7 Å². The normalized spacial score (nSPS) is 25.5. The fraction of sp³-hybridized carbons (Fsp3) is 0.640. The van der Waals surface area contributed by atoms with Gasteiger partial charge < -0.3 is 14.5 Å². The third kappa shape index (κ3) is 4.84. The predicted molar refractivity (Wildman–Crippen MR) is 123 cm³/mol. The summed E-state index contributed by atoms with van der Waals surface area (Å²) in [5, 5.41) is 2.43. The minimum atomic E-state index is -0.537. The summed E-state index contributed by atoms with van der Waals surface area (Å²) >= 11 is 0. The van der Waals surface area contributed by atoms with Crippen LogP contribution in [-0.4, -0.2) is 54.1 Å². The van der Waals surface area contributed by atoms with Crippen LogP contribution in [0.3, 0.4) is 0 Å². The number of imide groups is 1. The molecule has 3 aliphatic rings. The number of piperidine rings is 1. The number of nitrogens with one attached hydrogen (secondary N) is 1. The van der Waals surface area contributed by atoms with Crippen molar-refractivity contribution in [1.29, 1.82) is 0 Å². The Morgan fingerprint density at radius 2 is 1.82 bits per heavy atom. The maximum atomic E-state index is 15.1. The maximum absolute atomic E-state index is 15.1. The van der Waals surface area contributed by atoms with Crippen LogP contribution in [0.4, 0.5) is 14.9 Å². The van der Waals surface area contributed by atoms with Crippen molar-refractivity contribution in [2.75, 3.05) is 18.5 Å². The first-order valence-electron chi connectivity index (χ1n) is 11.9. The van der Waals surface area contributed by atoms with Gasteiger partial charge >= 0.3 is 6.09 Å². The Morgan fingerprint density at radius 3 is 2.45 bits per heavy atom. The Balaban J connectivity index is 1.47. The molecule has 0 spiro atoms. The summed E-state index contributed by atoms with van der Waals surface area (Å²) in [7, 11) is 1.78. The highest BCUT2D eigenvalue weighted by Gasteiger charge is 2.38. The van der Waals surface area contributed by atoms with Crippen molar-refractivity contribution in [2.45, 2.75) is 89.3 Å². The Labute approximate surface area is 194 Å². The molecular weight excluding hydrogens is 425 g/mol. The second-order valence-corrected chi connectivity index (χ2v) is 10.5. The van der Waals surface area contributed by atoms with E-state index >= 15 is 4.39 Å². The van der Waals surface area contributed by atoms with Gasteiger partial charge in [0.2, 0.25) is 11.8 Å². The molecule has 1 aromatic carbocycles. The fourth-order valence-corrected chi connectivity index (χ4v) is 5.49. The molecule has 1 N–H and O–H groups in total. The lowest BCUT2D eigenvalue weighted by Crippen LogP contribution is -2.52. The van der Waals surface area contributed by atoms with Crippen LogP contribution in [0.15, 0.2) is 12.1 Å². The van der Waals surface area contributed by atoms with Gasteiger partial charge in [-0.2, -0.15) is 0 Å². The van der Waals surface area contributed by atoms with Crippen molar-refractivity contribution in [2.24, 2.45) is 0 Å². The van der Waals surface area contributed by atoms with Crippen molar-refractivity contribution < 1.29 is 23.5 Å². The van der Waals surface area contributed by atoms with E-state index in [1.165, 1.54) is 6.07 Å². The number of benzene rings is 1. The Morgan fingerprint density at radius 1 is 1.12 bits per heavy atom. The second-order valence-electron chi connectivity index (χ2n) is 10.5. The molecule has 0 aromatic heterocycles. The minimum absolute atomic E-state index is 0.0795. The molecule has 8 heteroatoms. The van der Waals surface area contributed by atoms with E-state index < -0.39 is 5.60 Å². The molecular formula is C25H34FN3O4. The largest absolute Gasteiger partial charge is 0.444 e. The van der Waals surface area contributed by atoms with Gasteiger partial charge in [-0.3, -0.25) is 14.9 Å². The smallest absolute Gasteiger partial charge is 0.410 e. The summed E-state index contributed by atoms with van der Waals surface area (Å²) in [6.45, 7) is 6.21. The van der Waals surface area contributed by atoms with E-state index in [0.717, 1.165) is 42.5 Å². The van der Waals surface area contributed by atoms with Gasteiger partial charge in [0.05, 0.1) is 0 Å². The van der Waals surface area contributed by atoms with Crippen molar-refractivity contribution in [3.63, 3.8) is 0 Å². The zero-order chi connectivity index (χ0) is 23.9. The van der Waals surface area contributed by atoms with Crippen molar-refractivity contribution in [1.82, 2.24) is 10.2 Å². The van der Waals surface area contributed by atoms with Gasteiger partial charge in [0.1, 0.15) is 17.5 Å². The monoisotopic (exact) mass is 459 g/mol. The van der Waals surface area contributed by atoms with Crippen molar-refractivity contribution in [3.05, 3.63) is 29.1 Å². The Bertz CT molecular complexity index is 950. The summed E-state index contributed by atoms with van der Waals surface area (Å²) in [4.78, 5) is 40.1. The van der Waals surface area contributed by atoms with Gasteiger partial charge in [-0.15, -0.1) is 0 Å². The molecule has 4 rings (SSSR count). The first-order valence-corrected chi connectivity index (χ1v) is 11.9. The third-order valence-electron chi connectivity index (χ3n) is 7.11. The molecule has 7 nitrogen and oxygen atoms in total. The zero-order valence-electron chi connectivity index (χ0n) is 19.9. The summed E-state index contributed by atoms with van der Waals surface area (Å²) < 4.78 is 20.6. The second kappa shape index (κ2) is 8.95. The fourth-order valence-electron chi connectivity index (χ4n) is 5.49. The molecule has 1 aromatic rings. The molecule has 0 bridgehead atoms. The van der Waals surface area contributed by atoms with E-state index in [-0.39, 0.29) is 41.7 Å². The number of carbonyl (C=O) groups is 3. The number of hydrogen-bond donors (Lipinski definition) is 1. The SMILES string of the molecule is CN(C(=O)OC(C)(C)C)C1CCC(c2c(F)ccc3c2CCN3C2CCC(=O)NC2=O)CC1. The van der Waals surface area contributed by atoms with E-state index in [0.29, 0.717) is 25.8 Å². The number of carbonyl (C=O) groups excluding carboxylic acids is 3. The topological polar surface area (TPSA) is 79.0 Å². The summed E-state index contributed by atoms with van der Waals surface area (Å²) in [5.74, 6) is -0.605. The lowest BCUT2D eigenvalue weighted by Gasteiger charge is -2.36. The molecule has 2 heterocycles. The highest BCUT2D eigenvalue weighted by molar-refractivity contribution is 6.02. The standard InChI is InChI=1S/C25H34FN3O4/c1-25(2,3)33-24(32)28(4)16-7-5-15(6-8-16)22-17-13-14-29(19(17)10-9-18(22)26)20-11-12-21(30)27-23(20)31/h9-10,15-16,20H,5-8,11-14H2,1-4H3,(H,27,30,31). The molecule has 33 heavy (non-hydrogen) atoms. The molecule has 0 radical (unpaired) electrons. The van der Waals surface area contributed by atoms with Crippen LogP contribution in [0.25, 0.3) is 0 Å². The average Bonchev–Trinajstić information content (AvgIpc) is 3.16. The predicted octanol–water partition coefficient (Wildman–Crippen LogP) is 3.89. The van der Waals surface area contributed by atoms with Gasteiger partial charge in [-0.05, 0) is 88.5 Å². The highest BCUT2D eigenvalue weighted by atomic mass is 19.1. The first-order chi connectivity index (χ1) is 15.5. The highest BCUT2D eigenvalue weighted by Crippen LogP contribution is 2.43. The van der Waals surface area contributed by atoms with Crippen molar-refractivity contribution in [3.8, 4) is 0 Å². The van der Waals surface area contributed by atoms with Gasteiger partial charge in [-0.25, -0.2) is 9.18 Å². The summed E-state index contributed by atoms with van der Waals surface area (Å²) in [6.07, 6.45) is 4.36. The molecule has 2 aliphatic heterocycles. The van der Waals surface area contributed by atoms with Crippen LogP contribution < -0.4 is 10.2 Å². The number of nitrogens with zero attached hydrogens (tertiary/aromatic N) is 2. The van der Waals surface area contributed by atoms with Gasteiger partial charge in [0.25, 0.3) is 0 Å². The Hall–Kier alpha value is -2.64. The van der Waals surface area contributed by atoms with E-state index in [1.54, 1.807) is 18.0 Å². The number of hydrogen-bond acceptors (Lipinski definition) is 5. The van der Waals surface area contributed by atoms with Gasteiger partial charge in [0.15, 0.2) is 0 Å². The van der Waals surface area contributed by atoms with Gasteiger partial charge in [-0.1, -0.05) is 0 Å². The van der Waals surface area contributed by atoms with E-state index in [9.17, 15) is 14.4 Å². The zero-order valence-corrected chi connectivity index (χ0v) is 19.9. The number of halogens is 1. The van der Waals surface area contributed by atoms with E-state index in [1.807, 2.05) is 25.7 Å². The lowest BCUT2D eigenvalue weighted by atomic mass is 9.79. The minimum Gasteiger partial charge on any atom is -0.444 e. The number of fused-ring (bicyclic) bond motifs is 1. The number of amides is 3. The molecule has 1 saturated carbocycles. The lowest BCUT2D eigenvalue weighted by molar-refractivity contribution is -0.134.